The molecule has 1 aliphatic rings. The molecule has 0 atom stereocenters. The van der Waals surface area contributed by atoms with Crippen molar-refractivity contribution in [1.82, 2.24) is 10.2 Å². The van der Waals surface area contributed by atoms with Gasteiger partial charge in [-0.2, -0.15) is 0 Å². The van der Waals surface area contributed by atoms with Crippen molar-refractivity contribution in [1.29, 1.82) is 0 Å². The first kappa shape index (κ1) is 29.8. The Hall–Kier alpha value is -0.430. The lowest BCUT2D eigenvalue weighted by molar-refractivity contribution is -0.131. The molecule has 3 N–H and O–H groups in total. The summed E-state index contributed by atoms with van der Waals surface area (Å²) in [6.07, 6.45) is 1.56. The van der Waals surface area contributed by atoms with Gasteiger partial charge < -0.3 is 16.0 Å². The van der Waals surface area contributed by atoms with Crippen LogP contribution in [0.25, 0.3) is 0 Å². The average molecular weight is 476 g/mol. The number of piperazine rings is 1. The predicted octanol–water partition coefficient (Wildman–Crippen LogP) is 3.61. The van der Waals surface area contributed by atoms with E-state index in [1.54, 1.807) is 0 Å². The van der Waals surface area contributed by atoms with Crippen molar-refractivity contribution in [2.45, 2.75) is 26.7 Å². The average Bonchev–Trinajstić information content (AvgIpc) is 2.64. The van der Waals surface area contributed by atoms with Gasteiger partial charge in [0.1, 0.15) is 0 Å². The fraction of sp³-hybridized carbons (Fsp3) is 0.632. The van der Waals surface area contributed by atoms with Gasteiger partial charge in [0.15, 0.2) is 0 Å². The van der Waals surface area contributed by atoms with Crippen LogP contribution in [0.4, 0.5) is 5.69 Å². The maximum Gasteiger partial charge on any atom is 0.227 e. The fourth-order valence-electron chi connectivity index (χ4n) is 3.37. The van der Waals surface area contributed by atoms with Crippen LogP contribution >= 0.6 is 48.8 Å². The Morgan fingerprint density at radius 1 is 1.14 bits per heavy atom. The zero-order valence-electron chi connectivity index (χ0n) is 16.7. The van der Waals surface area contributed by atoms with Crippen molar-refractivity contribution in [2.75, 3.05) is 50.7 Å². The molecule has 1 heterocycles. The highest BCUT2D eigenvalue weighted by molar-refractivity contribution is 6.30. The van der Waals surface area contributed by atoms with Crippen molar-refractivity contribution < 1.29 is 4.79 Å². The van der Waals surface area contributed by atoms with Crippen molar-refractivity contribution in [2.24, 2.45) is 11.1 Å². The van der Waals surface area contributed by atoms with Gasteiger partial charge in [-0.25, -0.2) is 0 Å². The van der Waals surface area contributed by atoms with E-state index in [2.05, 4.69) is 21.2 Å². The van der Waals surface area contributed by atoms with Crippen LogP contribution in [-0.2, 0) is 4.79 Å². The second-order valence-electron chi connectivity index (χ2n) is 6.76. The van der Waals surface area contributed by atoms with Gasteiger partial charge in [-0.3, -0.25) is 9.69 Å². The van der Waals surface area contributed by atoms with Crippen molar-refractivity contribution >= 4 is 60.4 Å². The Labute approximate surface area is 193 Å². The molecule has 9 heteroatoms. The molecule has 0 unspecified atom stereocenters. The topological polar surface area (TPSA) is 61.6 Å². The first-order valence-electron chi connectivity index (χ1n) is 9.26. The van der Waals surface area contributed by atoms with Gasteiger partial charge in [0.05, 0.1) is 5.41 Å². The standard InChI is InChI=1S/C19H31ClN4O.3ClH/c1-3-19(4-2,15-21)18(25)22-8-9-23-10-12-24(13-11-23)17-7-5-6-16(20)14-17;;;/h5-7,14H,3-4,8-13,15,21H2,1-2H3,(H,22,25);3*1H. The lowest BCUT2D eigenvalue weighted by Gasteiger charge is -2.36. The van der Waals surface area contributed by atoms with Crippen LogP contribution in [0.1, 0.15) is 26.7 Å². The number of amides is 1. The molecule has 0 saturated carbocycles. The van der Waals surface area contributed by atoms with E-state index in [0.717, 1.165) is 50.6 Å². The lowest BCUT2D eigenvalue weighted by Crippen LogP contribution is -2.50. The number of carbonyl (C=O) groups is 1. The van der Waals surface area contributed by atoms with E-state index in [9.17, 15) is 4.79 Å². The Morgan fingerprint density at radius 2 is 1.75 bits per heavy atom. The number of nitrogens with one attached hydrogen (secondary N) is 1. The first-order valence-corrected chi connectivity index (χ1v) is 9.63. The summed E-state index contributed by atoms with van der Waals surface area (Å²) < 4.78 is 0. The van der Waals surface area contributed by atoms with Gasteiger partial charge in [0, 0.05) is 56.5 Å². The van der Waals surface area contributed by atoms with E-state index >= 15 is 0 Å². The molecular weight excluding hydrogens is 442 g/mol. The Bertz CT molecular complexity index is 556. The third kappa shape index (κ3) is 7.77. The highest BCUT2D eigenvalue weighted by Crippen LogP contribution is 2.25. The molecule has 28 heavy (non-hydrogen) atoms. The van der Waals surface area contributed by atoms with Gasteiger partial charge >= 0.3 is 0 Å². The van der Waals surface area contributed by atoms with Crippen LogP contribution in [0.3, 0.4) is 0 Å². The maximum atomic E-state index is 12.4. The summed E-state index contributed by atoms with van der Waals surface area (Å²) in [6, 6.07) is 8.01. The van der Waals surface area contributed by atoms with Crippen LogP contribution in [0.5, 0.6) is 0 Å². The SMILES string of the molecule is CCC(CC)(CN)C(=O)NCCN1CCN(c2cccc(Cl)c2)CC1.Cl.Cl.Cl. The summed E-state index contributed by atoms with van der Waals surface area (Å²) in [5.74, 6) is 0.0950. The van der Waals surface area contributed by atoms with Crippen LogP contribution in [0.2, 0.25) is 5.02 Å². The Balaban J connectivity index is 0. The molecule has 0 spiro atoms. The molecule has 0 radical (unpaired) electrons. The Morgan fingerprint density at radius 3 is 2.25 bits per heavy atom. The largest absolute Gasteiger partial charge is 0.369 e. The molecule has 0 aliphatic carbocycles. The second kappa shape index (κ2) is 14.5. The molecule has 0 bridgehead atoms. The Kier molecular flexibility index (Phi) is 15.5. The number of nitrogens with zero attached hydrogens (tertiary/aromatic N) is 2. The van der Waals surface area contributed by atoms with Gasteiger partial charge in [-0.15, -0.1) is 37.2 Å². The first-order chi connectivity index (χ1) is 12.0. The van der Waals surface area contributed by atoms with E-state index < -0.39 is 5.41 Å². The quantitative estimate of drug-likeness (QED) is 0.602. The maximum absolute atomic E-state index is 12.4. The predicted molar refractivity (Wildman–Crippen MR) is 127 cm³/mol. The molecule has 5 nitrogen and oxygen atoms in total. The lowest BCUT2D eigenvalue weighted by atomic mass is 9.81. The highest BCUT2D eigenvalue weighted by Gasteiger charge is 2.33. The zero-order chi connectivity index (χ0) is 18.3. The second-order valence-corrected chi connectivity index (χ2v) is 7.19. The molecule has 1 fully saturated rings. The number of hydrogen-bond donors (Lipinski definition) is 2. The number of anilines is 1. The van der Waals surface area contributed by atoms with Crippen molar-refractivity contribution in [3.05, 3.63) is 29.3 Å². The van der Waals surface area contributed by atoms with Gasteiger partial charge in [0.2, 0.25) is 5.91 Å². The van der Waals surface area contributed by atoms with Crippen LogP contribution in [0, 0.1) is 5.41 Å². The number of hydrogen-bond acceptors (Lipinski definition) is 4. The normalized spacial score (nSPS) is 14.4. The van der Waals surface area contributed by atoms with Crippen molar-refractivity contribution in [3.63, 3.8) is 0 Å². The highest BCUT2D eigenvalue weighted by atomic mass is 35.5. The number of halogens is 4. The molecule has 1 aromatic carbocycles. The molecule has 164 valence electrons. The summed E-state index contributed by atoms with van der Waals surface area (Å²) >= 11 is 6.08. The molecule has 0 aromatic heterocycles. The molecule has 1 saturated heterocycles. The van der Waals surface area contributed by atoms with E-state index in [4.69, 9.17) is 17.3 Å². The third-order valence-electron chi connectivity index (χ3n) is 5.49. The van der Waals surface area contributed by atoms with Crippen LogP contribution in [-0.4, -0.2) is 56.6 Å². The minimum atomic E-state index is -0.411. The minimum Gasteiger partial charge on any atom is -0.369 e. The third-order valence-corrected chi connectivity index (χ3v) is 5.72. The van der Waals surface area contributed by atoms with E-state index in [1.165, 1.54) is 5.69 Å². The van der Waals surface area contributed by atoms with Crippen LogP contribution in [0.15, 0.2) is 24.3 Å². The molecule has 2 rings (SSSR count). The van der Waals surface area contributed by atoms with Gasteiger partial charge in [-0.1, -0.05) is 31.5 Å². The molecular formula is C19H34Cl4N4O. The van der Waals surface area contributed by atoms with E-state index in [1.807, 2.05) is 32.0 Å². The summed E-state index contributed by atoms with van der Waals surface area (Å²) in [5, 5.41) is 3.86. The molecule has 1 amide bonds. The summed E-state index contributed by atoms with van der Waals surface area (Å²) in [6.45, 7) is 9.97. The minimum absolute atomic E-state index is 0. The van der Waals surface area contributed by atoms with Gasteiger partial charge in [0.25, 0.3) is 0 Å². The fourth-order valence-corrected chi connectivity index (χ4v) is 3.55. The smallest absolute Gasteiger partial charge is 0.227 e. The summed E-state index contributed by atoms with van der Waals surface area (Å²) in [4.78, 5) is 17.2. The number of nitrogens with two attached hydrogens (primary N) is 1. The summed E-state index contributed by atoms with van der Waals surface area (Å²) in [5.41, 5.74) is 6.61. The van der Waals surface area contributed by atoms with E-state index in [0.29, 0.717) is 13.1 Å². The van der Waals surface area contributed by atoms with Gasteiger partial charge in [-0.05, 0) is 31.0 Å². The zero-order valence-corrected chi connectivity index (χ0v) is 19.9. The molecule has 1 aromatic rings. The van der Waals surface area contributed by atoms with E-state index in [-0.39, 0.29) is 43.1 Å². The number of rotatable bonds is 8. The number of carbonyl (C=O) groups excluding carboxylic acids is 1. The van der Waals surface area contributed by atoms with Crippen LogP contribution < -0.4 is 16.0 Å². The monoisotopic (exact) mass is 474 g/mol. The van der Waals surface area contributed by atoms with Crippen molar-refractivity contribution in [3.8, 4) is 0 Å². The summed E-state index contributed by atoms with van der Waals surface area (Å²) in [7, 11) is 0. The molecule has 1 aliphatic heterocycles. The number of benzene rings is 1.